The first kappa shape index (κ1) is 15.0. The molecule has 0 fully saturated rings. The molecule has 0 radical (unpaired) electrons. The highest BCUT2D eigenvalue weighted by molar-refractivity contribution is 9.10. The molecular weight excluding hydrogens is 374 g/mol. The Morgan fingerprint density at radius 3 is 2.88 bits per heavy atom. The van der Waals surface area contributed by atoms with Crippen LogP contribution in [-0.4, -0.2) is 22.1 Å². The van der Waals surface area contributed by atoms with Gasteiger partial charge in [0, 0.05) is 18.0 Å². The molecule has 0 unspecified atom stereocenters. The number of carbonyl (C=O) groups is 1. The number of fused-ring (bicyclic) bond motifs is 2. The highest BCUT2D eigenvalue weighted by Gasteiger charge is 2.20. The minimum Gasteiger partial charge on any atom is -0.454 e. The first-order valence-corrected chi connectivity index (χ1v) is 8.18. The van der Waals surface area contributed by atoms with Crippen molar-refractivity contribution in [2.24, 2.45) is 0 Å². The van der Waals surface area contributed by atoms with Gasteiger partial charge >= 0.3 is 0 Å². The lowest BCUT2D eigenvalue weighted by Crippen LogP contribution is -2.15. The van der Waals surface area contributed by atoms with Gasteiger partial charge in [-0.15, -0.1) is 0 Å². The molecule has 6 nitrogen and oxygen atoms in total. The quantitative estimate of drug-likeness (QED) is 0.727. The Labute approximate surface area is 146 Å². The lowest BCUT2D eigenvalue weighted by atomic mass is 10.2. The summed E-state index contributed by atoms with van der Waals surface area (Å²) in [6, 6.07) is 7.28. The predicted molar refractivity (Wildman–Crippen MR) is 92.9 cm³/mol. The standard InChI is InChI=1S/C17H14BrN3O3/c1-9-5-12(18)16-19-10(2)15(21(16)7-9)17(22)20-11-3-4-13-14(6-11)24-8-23-13/h3-7H,8H2,1-2H3,(H,20,22). The summed E-state index contributed by atoms with van der Waals surface area (Å²) < 4.78 is 13.3. The van der Waals surface area contributed by atoms with E-state index >= 15 is 0 Å². The third-order valence-corrected chi connectivity index (χ3v) is 4.42. The van der Waals surface area contributed by atoms with Gasteiger partial charge in [0.25, 0.3) is 5.91 Å². The third kappa shape index (κ3) is 2.41. The van der Waals surface area contributed by atoms with E-state index in [1.54, 1.807) is 22.6 Å². The second-order valence-electron chi connectivity index (χ2n) is 5.63. The fourth-order valence-electron chi connectivity index (χ4n) is 2.78. The van der Waals surface area contributed by atoms with E-state index in [0.717, 1.165) is 10.0 Å². The van der Waals surface area contributed by atoms with Crippen LogP contribution in [0.25, 0.3) is 5.65 Å². The maximum absolute atomic E-state index is 12.8. The summed E-state index contributed by atoms with van der Waals surface area (Å²) in [5, 5.41) is 2.90. The number of aryl methyl sites for hydroxylation is 2. The Morgan fingerprint density at radius 1 is 1.25 bits per heavy atom. The number of anilines is 1. The highest BCUT2D eigenvalue weighted by Crippen LogP contribution is 2.34. The fraction of sp³-hybridized carbons (Fsp3) is 0.176. The second kappa shape index (κ2) is 5.52. The Bertz CT molecular complexity index is 981. The number of hydrogen-bond acceptors (Lipinski definition) is 4. The van der Waals surface area contributed by atoms with Gasteiger partial charge in [0.2, 0.25) is 6.79 Å². The number of pyridine rings is 1. The number of nitrogens with one attached hydrogen (secondary N) is 1. The topological polar surface area (TPSA) is 64.9 Å². The van der Waals surface area contributed by atoms with Crippen molar-refractivity contribution in [2.45, 2.75) is 13.8 Å². The normalized spacial score (nSPS) is 12.6. The van der Waals surface area contributed by atoms with Gasteiger partial charge < -0.3 is 14.8 Å². The average Bonchev–Trinajstić information content (AvgIpc) is 3.10. The fourth-order valence-corrected chi connectivity index (χ4v) is 3.42. The zero-order chi connectivity index (χ0) is 16.8. The van der Waals surface area contributed by atoms with Gasteiger partial charge in [0.1, 0.15) is 5.69 Å². The van der Waals surface area contributed by atoms with E-state index in [2.05, 4.69) is 26.2 Å². The molecule has 24 heavy (non-hydrogen) atoms. The molecule has 4 rings (SSSR count). The van der Waals surface area contributed by atoms with Gasteiger partial charge in [-0.2, -0.15) is 0 Å². The van der Waals surface area contributed by atoms with E-state index in [0.29, 0.717) is 34.2 Å². The van der Waals surface area contributed by atoms with Crippen LogP contribution in [0.2, 0.25) is 0 Å². The molecule has 2 aromatic heterocycles. The summed E-state index contributed by atoms with van der Waals surface area (Å²) >= 11 is 3.50. The molecule has 0 aliphatic carbocycles. The SMILES string of the molecule is Cc1cc(Br)c2nc(C)c(C(=O)Nc3ccc4c(c3)OCO4)n2c1. The molecule has 0 spiro atoms. The van der Waals surface area contributed by atoms with Crippen LogP contribution in [0.5, 0.6) is 11.5 Å². The molecule has 0 atom stereocenters. The van der Waals surface area contributed by atoms with Crippen molar-refractivity contribution in [1.29, 1.82) is 0 Å². The van der Waals surface area contributed by atoms with Gasteiger partial charge in [0.15, 0.2) is 17.1 Å². The number of nitrogens with zero attached hydrogens (tertiary/aromatic N) is 2. The van der Waals surface area contributed by atoms with Crippen molar-refractivity contribution in [2.75, 3.05) is 12.1 Å². The maximum atomic E-state index is 12.8. The number of carbonyl (C=O) groups excluding carboxylic acids is 1. The third-order valence-electron chi connectivity index (χ3n) is 3.83. The molecule has 0 bridgehead atoms. The number of imidazole rings is 1. The summed E-state index contributed by atoms with van der Waals surface area (Å²) in [5.41, 5.74) is 3.56. The number of rotatable bonds is 2. The summed E-state index contributed by atoms with van der Waals surface area (Å²) in [7, 11) is 0. The summed E-state index contributed by atoms with van der Waals surface area (Å²) in [4.78, 5) is 17.3. The van der Waals surface area contributed by atoms with Crippen LogP contribution < -0.4 is 14.8 Å². The Balaban J connectivity index is 1.72. The van der Waals surface area contributed by atoms with E-state index < -0.39 is 0 Å². The average molecular weight is 388 g/mol. The van der Waals surface area contributed by atoms with Crippen LogP contribution in [0, 0.1) is 13.8 Å². The van der Waals surface area contributed by atoms with Crippen molar-refractivity contribution in [3.8, 4) is 11.5 Å². The van der Waals surface area contributed by atoms with Gasteiger partial charge in [-0.3, -0.25) is 9.20 Å². The van der Waals surface area contributed by atoms with Crippen LogP contribution in [0.4, 0.5) is 5.69 Å². The smallest absolute Gasteiger partial charge is 0.274 e. The number of hydrogen-bond donors (Lipinski definition) is 1. The Kier molecular flexibility index (Phi) is 3.45. The molecule has 7 heteroatoms. The molecule has 1 amide bonds. The van der Waals surface area contributed by atoms with Crippen molar-refractivity contribution >= 4 is 33.2 Å². The van der Waals surface area contributed by atoms with Crippen LogP contribution in [0.3, 0.4) is 0 Å². The van der Waals surface area contributed by atoms with Gasteiger partial charge in [0.05, 0.1) is 10.2 Å². The van der Waals surface area contributed by atoms with Gasteiger partial charge in [-0.25, -0.2) is 4.98 Å². The van der Waals surface area contributed by atoms with Crippen LogP contribution in [0.1, 0.15) is 21.7 Å². The highest BCUT2D eigenvalue weighted by atomic mass is 79.9. The zero-order valence-corrected chi connectivity index (χ0v) is 14.7. The van der Waals surface area contributed by atoms with E-state index in [4.69, 9.17) is 9.47 Å². The Morgan fingerprint density at radius 2 is 2.04 bits per heavy atom. The first-order chi connectivity index (χ1) is 11.5. The molecule has 1 aliphatic heterocycles. The minimum atomic E-state index is -0.226. The molecule has 1 aromatic carbocycles. The molecule has 122 valence electrons. The van der Waals surface area contributed by atoms with Crippen LogP contribution in [-0.2, 0) is 0 Å². The van der Waals surface area contributed by atoms with Crippen LogP contribution in [0.15, 0.2) is 34.9 Å². The summed E-state index contributed by atoms with van der Waals surface area (Å²) in [5.74, 6) is 1.08. The second-order valence-corrected chi connectivity index (χ2v) is 6.48. The van der Waals surface area contributed by atoms with Crippen molar-refractivity contribution in [1.82, 2.24) is 9.38 Å². The van der Waals surface area contributed by atoms with E-state index in [9.17, 15) is 4.79 Å². The molecule has 3 aromatic rings. The zero-order valence-electron chi connectivity index (χ0n) is 13.1. The maximum Gasteiger partial charge on any atom is 0.274 e. The van der Waals surface area contributed by atoms with Crippen molar-refractivity contribution in [3.05, 3.63) is 51.9 Å². The molecule has 0 saturated carbocycles. The molecule has 0 saturated heterocycles. The molecular formula is C17H14BrN3O3. The van der Waals surface area contributed by atoms with Crippen molar-refractivity contribution < 1.29 is 14.3 Å². The number of halogens is 1. The van der Waals surface area contributed by atoms with E-state index in [1.807, 2.05) is 26.1 Å². The van der Waals surface area contributed by atoms with Gasteiger partial charge in [-0.05, 0) is 53.5 Å². The Hall–Kier alpha value is -2.54. The van der Waals surface area contributed by atoms with Crippen molar-refractivity contribution in [3.63, 3.8) is 0 Å². The first-order valence-electron chi connectivity index (χ1n) is 7.39. The summed E-state index contributed by atoms with van der Waals surface area (Å²) in [6.45, 7) is 3.99. The lowest BCUT2D eigenvalue weighted by Gasteiger charge is -2.08. The largest absolute Gasteiger partial charge is 0.454 e. The number of ether oxygens (including phenoxy) is 2. The van der Waals surface area contributed by atoms with E-state index in [-0.39, 0.29) is 12.7 Å². The van der Waals surface area contributed by atoms with Gasteiger partial charge in [-0.1, -0.05) is 0 Å². The summed E-state index contributed by atoms with van der Waals surface area (Å²) in [6.07, 6.45) is 1.90. The molecule has 3 heterocycles. The number of aromatic nitrogens is 2. The molecule has 1 aliphatic rings. The molecule has 1 N–H and O–H groups in total. The van der Waals surface area contributed by atoms with E-state index in [1.165, 1.54) is 0 Å². The van der Waals surface area contributed by atoms with Crippen LogP contribution >= 0.6 is 15.9 Å². The predicted octanol–water partition coefficient (Wildman–Crippen LogP) is 3.69. The lowest BCUT2D eigenvalue weighted by molar-refractivity contribution is 0.102. The monoisotopic (exact) mass is 387 g/mol. The minimum absolute atomic E-state index is 0.201. The number of amides is 1. The number of benzene rings is 1.